The summed E-state index contributed by atoms with van der Waals surface area (Å²) < 4.78 is 0. The third-order valence-corrected chi connectivity index (χ3v) is 4.20. The molecule has 7 heteroatoms. The van der Waals surface area contributed by atoms with Crippen LogP contribution in [0.25, 0.3) is 0 Å². The summed E-state index contributed by atoms with van der Waals surface area (Å²) in [5.74, 6) is -1.31. The van der Waals surface area contributed by atoms with E-state index in [2.05, 4.69) is 15.6 Å². The fraction of sp³-hybridized carbons (Fsp3) is 0.615. The fourth-order valence-corrected chi connectivity index (χ4v) is 3.05. The molecule has 6 nitrogen and oxygen atoms in total. The molecule has 2 rings (SSSR count). The van der Waals surface area contributed by atoms with Crippen LogP contribution in [0, 0.1) is 5.92 Å². The number of thiazole rings is 1. The summed E-state index contributed by atoms with van der Waals surface area (Å²) in [5, 5.41) is 16.6. The molecule has 1 heterocycles. The average molecular weight is 297 g/mol. The molecule has 1 fully saturated rings. The highest BCUT2D eigenvalue weighted by molar-refractivity contribution is 7.07. The molecule has 2 atom stereocenters. The van der Waals surface area contributed by atoms with Gasteiger partial charge in [-0.25, -0.2) is 9.78 Å². The van der Waals surface area contributed by atoms with Crippen LogP contribution >= 0.6 is 11.3 Å². The molecule has 1 aliphatic rings. The Hall–Kier alpha value is -1.63. The number of aliphatic carboxylic acids is 1. The predicted octanol–water partition coefficient (Wildman–Crippen LogP) is 1.98. The number of hydrogen-bond acceptors (Lipinski definition) is 4. The zero-order valence-corrected chi connectivity index (χ0v) is 12.0. The summed E-state index contributed by atoms with van der Waals surface area (Å²) in [6, 6.07) is -0.610. The summed E-state index contributed by atoms with van der Waals surface area (Å²) in [6.45, 7) is 0.361. The Balaban J connectivity index is 1.85. The molecule has 1 aromatic rings. The Labute approximate surface area is 121 Å². The van der Waals surface area contributed by atoms with Crippen molar-refractivity contribution in [3.05, 3.63) is 16.6 Å². The van der Waals surface area contributed by atoms with Crippen LogP contribution in [0.3, 0.4) is 0 Å². The molecule has 1 aromatic heterocycles. The molecule has 0 spiro atoms. The Bertz CT molecular complexity index is 450. The van der Waals surface area contributed by atoms with Crippen LogP contribution in [-0.2, 0) is 11.3 Å². The maximum atomic E-state index is 11.8. The summed E-state index contributed by atoms with van der Waals surface area (Å²) in [6.07, 6.45) is 4.26. The van der Waals surface area contributed by atoms with Crippen LogP contribution in [0.15, 0.2) is 10.9 Å². The average Bonchev–Trinajstić information content (AvgIpc) is 2.82. The van der Waals surface area contributed by atoms with Crippen LogP contribution in [0.4, 0.5) is 4.79 Å². The van der Waals surface area contributed by atoms with Gasteiger partial charge < -0.3 is 15.7 Å². The maximum absolute atomic E-state index is 11.8. The molecule has 0 aliphatic heterocycles. The van der Waals surface area contributed by atoms with Crippen molar-refractivity contribution >= 4 is 23.3 Å². The number of nitrogens with one attached hydrogen (secondary N) is 2. The van der Waals surface area contributed by atoms with Crippen LogP contribution in [0.1, 0.15) is 37.8 Å². The number of nitrogens with zero attached hydrogens (tertiary/aromatic N) is 1. The predicted molar refractivity (Wildman–Crippen MR) is 75.5 cm³/mol. The quantitative estimate of drug-likeness (QED) is 0.741. The first-order valence-corrected chi connectivity index (χ1v) is 7.75. The van der Waals surface area contributed by atoms with Gasteiger partial charge in [-0.15, -0.1) is 11.3 Å². The van der Waals surface area contributed by atoms with E-state index in [9.17, 15) is 14.7 Å². The fourth-order valence-electron chi connectivity index (χ4n) is 2.49. The molecule has 0 radical (unpaired) electrons. The van der Waals surface area contributed by atoms with Gasteiger partial charge in [0.05, 0.1) is 23.7 Å². The van der Waals surface area contributed by atoms with Gasteiger partial charge in [-0.3, -0.25) is 4.79 Å². The topological polar surface area (TPSA) is 91.3 Å². The molecule has 0 bridgehead atoms. The molecular weight excluding hydrogens is 278 g/mol. The zero-order valence-electron chi connectivity index (χ0n) is 11.2. The first-order chi connectivity index (χ1) is 9.66. The van der Waals surface area contributed by atoms with Crippen molar-refractivity contribution in [3.8, 4) is 0 Å². The van der Waals surface area contributed by atoms with E-state index in [-0.39, 0.29) is 12.1 Å². The van der Waals surface area contributed by atoms with Gasteiger partial charge in [0, 0.05) is 11.4 Å². The van der Waals surface area contributed by atoms with Crippen molar-refractivity contribution < 1.29 is 14.7 Å². The van der Waals surface area contributed by atoms with E-state index in [4.69, 9.17) is 0 Å². The van der Waals surface area contributed by atoms with Crippen LogP contribution in [-0.4, -0.2) is 28.1 Å². The lowest BCUT2D eigenvalue weighted by molar-refractivity contribution is -0.142. The second kappa shape index (κ2) is 7.23. The second-order valence-electron chi connectivity index (χ2n) is 5.00. The lowest BCUT2D eigenvalue weighted by Gasteiger charge is -2.22. The van der Waals surface area contributed by atoms with Gasteiger partial charge in [0.1, 0.15) is 0 Å². The summed E-state index contributed by atoms with van der Waals surface area (Å²) in [5.41, 5.74) is 2.52. The van der Waals surface area contributed by atoms with Crippen molar-refractivity contribution in [2.24, 2.45) is 5.92 Å². The first-order valence-electron chi connectivity index (χ1n) is 6.81. The molecule has 20 heavy (non-hydrogen) atoms. The van der Waals surface area contributed by atoms with E-state index in [1.54, 1.807) is 5.51 Å². The molecular formula is C13H19N3O3S. The molecule has 1 aliphatic carbocycles. The number of rotatable bonds is 4. The highest BCUT2D eigenvalue weighted by atomic mass is 32.1. The van der Waals surface area contributed by atoms with E-state index in [1.165, 1.54) is 11.3 Å². The van der Waals surface area contributed by atoms with Crippen LogP contribution in [0.2, 0.25) is 0 Å². The van der Waals surface area contributed by atoms with Gasteiger partial charge in [0.25, 0.3) is 0 Å². The molecule has 2 unspecified atom stereocenters. The Morgan fingerprint density at radius 3 is 2.85 bits per heavy atom. The SMILES string of the molecule is O=C(NCc1cscn1)NC1CCCCCC1C(=O)O. The van der Waals surface area contributed by atoms with Crippen molar-refractivity contribution in [1.29, 1.82) is 0 Å². The highest BCUT2D eigenvalue weighted by Gasteiger charge is 2.30. The monoisotopic (exact) mass is 297 g/mol. The van der Waals surface area contributed by atoms with E-state index >= 15 is 0 Å². The molecule has 3 N–H and O–H groups in total. The van der Waals surface area contributed by atoms with E-state index in [1.807, 2.05) is 5.38 Å². The molecule has 1 saturated carbocycles. The Morgan fingerprint density at radius 1 is 1.35 bits per heavy atom. The molecule has 0 aromatic carbocycles. The standard InChI is InChI=1S/C13H19N3O3S/c17-12(18)10-4-2-1-3-5-11(10)16-13(19)14-6-9-7-20-8-15-9/h7-8,10-11H,1-6H2,(H,17,18)(H2,14,16,19). The smallest absolute Gasteiger partial charge is 0.315 e. The first kappa shape index (κ1) is 14.8. The third kappa shape index (κ3) is 4.19. The lowest BCUT2D eigenvalue weighted by Crippen LogP contribution is -2.47. The van der Waals surface area contributed by atoms with Crippen LogP contribution < -0.4 is 10.6 Å². The maximum Gasteiger partial charge on any atom is 0.315 e. The minimum atomic E-state index is -0.822. The van der Waals surface area contributed by atoms with Crippen LogP contribution in [0.5, 0.6) is 0 Å². The second-order valence-corrected chi connectivity index (χ2v) is 5.71. The molecule has 110 valence electrons. The van der Waals surface area contributed by atoms with Crippen molar-refractivity contribution in [2.75, 3.05) is 0 Å². The Morgan fingerprint density at radius 2 is 2.15 bits per heavy atom. The van der Waals surface area contributed by atoms with Gasteiger partial charge in [-0.05, 0) is 12.8 Å². The molecule has 0 saturated heterocycles. The number of carbonyl (C=O) groups excluding carboxylic acids is 1. The van der Waals surface area contributed by atoms with Gasteiger partial charge in [0.15, 0.2) is 0 Å². The summed E-state index contributed by atoms with van der Waals surface area (Å²) >= 11 is 1.47. The number of amides is 2. The number of hydrogen-bond donors (Lipinski definition) is 3. The Kier molecular flexibility index (Phi) is 5.34. The minimum absolute atomic E-state index is 0.287. The van der Waals surface area contributed by atoms with E-state index in [0.717, 1.165) is 31.4 Å². The number of carbonyl (C=O) groups is 2. The lowest BCUT2D eigenvalue weighted by atomic mass is 9.95. The van der Waals surface area contributed by atoms with Crippen molar-refractivity contribution in [3.63, 3.8) is 0 Å². The van der Waals surface area contributed by atoms with Gasteiger partial charge >= 0.3 is 12.0 Å². The molecule has 2 amide bonds. The van der Waals surface area contributed by atoms with Gasteiger partial charge in [0.2, 0.25) is 0 Å². The third-order valence-electron chi connectivity index (χ3n) is 3.56. The van der Waals surface area contributed by atoms with Gasteiger partial charge in [-0.1, -0.05) is 19.3 Å². The number of urea groups is 1. The number of carboxylic acids is 1. The summed E-state index contributed by atoms with van der Waals surface area (Å²) in [7, 11) is 0. The highest BCUT2D eigenvalue weighted by Crippen LogP contribution is 2.23. The largest absolute Gasteiger partial charge is 0.481 e. The van der Waals surface area contributed by atoms with E-state index < -0.39 is 11.9 Å². The number of carboxylic acid groups (broad SMARTS) is 1. The normalized spacial score (nSPS) is 22.8. The minimum Gasteiger partial charge on any atom is -0.481 e. The zero-order chi connectivity index (χ0) is 14.4. The van der Waals surface area contributed by atoms with Crippen molar-refractivity contribution in [1.82, 2.24) is 15.6 Å². The van der Waals surface area contributed by atoms with Crippen molar-refractivity contribution in [2.45, 2.75) is 44.7 Å². The van der Waals surface area contributed by atoms with E-state index in [0.29, 0.717) is 13.0 Å². The number of aromatic nitrogens is 1. The van der Waals surface area contributed by atoms with Gasteiger partial charge in [-0.2, -0.15) is 0 Å². The summed E-state index contributed by atoms with van der Waals surface area (Å²) in [4.78, 5) is 27.2.